The Labute approximate surface area is 111 Å². The van der Waals surface area contributed by atoms with Crippen LogP contribution in [0.15, 0.2) is 24.3 Å². The van der Waals surface area contributed by atoms with Gasteiger partial charge in [-0.15, -0.1) is 0 Å². The molecule has 1 aliphatic carbocycles. The molecule has 100 valence electrons. The second kappa shape index (κ2) is 5.72. The first kappa shape index (κ1) is 13.4. The summed E-state index contributed by atoms with van der Waals surface area (Å²) in [6, 6.07) is 8.75. The monoisotopic (exact) mass is 260 g/mol. The number of carbonyl (C=O) groups is 1. The van der Waals surface area contributed by atoms with Crippen LogP contribution in [0.5, 0.6) is 5.75 Å². The number of amides is 1. The van der Waals surface area contributed by atoms with Crippen LogP contribution in [0.25, 0.3) is 0 Å². The van der Waals surface area contributed by atoms with Crippen LogP contribution < -0.4 is 10.1 Å². The number of hydrogen-bond acceptors (Lipinski definition) is 4. The zero-order valence-electron chi connectivity index (χ0n) is 10.6. The number of carbonyl (C=O) groups excluding carboxylic acids is 1. The van der Waals surface area contributed by atoms with Crippen molar-refractivity contribution in [2.75, 3.05) is 13.2 Å². The minimum Gasteiger partial charge on any atom is -0.482 e. The van der Waals surface area contributed by atoms with Crippen LogP contribution in [0.2, 0.25) is 0 Å². The van der Waals surface area contributed by atoms with Gasteiger partial charge in [0, 0.05) is 6.54 Å². The van der Waals surface area contributed by atoms with Gasteiger partial charge < -0.3 is 15.2 Å². The molecule has 1 aromatic rings. The summed E-state index contributed by atoms with van der Waals surface area (Å²) in [4.78, 5) is 11.6. The normalized spacial score (nSPS) is 16.0. The van der Waals surface area contributed by atoms with Crippen molar-refractivity contribution in [1.29, 1.82) is 5.26 Å². The summed E-state index contributed by atoms with van der Waals surface area (Å²) in [5, 5.41) is 21.3. The molecule has 19 heavy (non-hydrogen) atoms. The van der Waals surface area contributed by atoms with E-state index in [4.69, 9.17) is 10.00 Å². The van der Waals surface area contributed by atoms with Crippen LogP contribution in [0, 0.1) is 11.3 Å². The van der Waals surface area contributed by atoms with Crippen LogP contribution in [-0.2, 0) is 4.79 Å². The standard InChI is InChI=1S/C14H16N2O3/c15-8-11-4-1-2-5-12(11)19-9-13(17)16-10-14(18)6-3-7-14/h1-2,4-5,18H,3,6-7,9-10H2,(H,16,17). The molecule has 0 bridgehead atoms. The molecular weight excluding hydrogens is 244 g/mol. The molecule has 0 atom stereocenters. The molecule has 1 amide bonds. The maximum Gasteiger partial charge on any atom is 0.258 e. The van der Waals surface area contributed by atoms with Crippen molar-refractivity contribution in [2.24, 2.45) is 0 Å². The molecule has 5 nitrogen and oxygen atoms in total. The van der Waals surface area contributed by atoms with Crippen molar-refractivity contribution in [3.63, 3.8) is 0 Å². The second-order valence-electron chi connectivity index (χ2n) is 4.75. The van der Waals surface area contributed by atoms with Crippen LogP contribution >= 0.6 is 0 Å². The van der Waals surface area contributed by atoms with E-state index in [1.54, 1.807) is 24.3 Å². The number of ether oxygens (including phenoxy) is 1. The Bertz CT molecular complexity index is 504. The predicted octanol–water partition coefficient (Wildman–Crippen LogP) is 0.968. The highest BCUT2D eigenvalue weighted by atomic mass is 16.5. The summed E-state index contributed by atoms with van der Waals surface area (Å²) in [5.41, 5.74) is -0.340. The smallest absolute Gasteiger partial charge is 0.258 e. The number of nitrogens with zero attached hydrogens (tertiary/aromatic N) is 1. The van der Waals surface area contributed by atoms with Gasteiger partial charge in [-0.1, -0.05) is 12.1 Å². The van der Waals surface area contributed by atoms with Crippen molar-refractivity contribution in [3.05, 3.63) is 29.8 Å². The number of nitriles is 1. The first-order chi connectivity index (χ1) is 9.13. The van der Waals surface area contributed by atoms with Crippen molar-refractivity contribution in [1.82, 2.24) is 5.32 Å². The first-order valence-corrected chi connectivity index (χ1v) is 6.24. The van der Waals surface area contributed by atoms with E-state index in [0.29, 0.717) is 11.3 Å². The van der Waals surface area contributed by atoms with Crippen LogP contribution in [0.1, 0.15) is 24.8 Å². The molecule has 2 N–H and O–H groups in total. The maximum absolute atomic E-state index is 11.6. The molecule has 0 spiro atoms. The van der Waals surface area contributed by atoms with Gasteiger partial charge in [0.2, 0.25) is 0 Å². The summed E-state index contributed by atoms with van der Waals surface area (Å²) in [7, 11) is 0. The summed E-state index contributed by atoms with van der Waals surface area (Å²) >= 11 is 0. The minimum absolute atomic E-state index is 0.158. The molecule has 1 aliphatic rings. The molecule has 1 saturated carbocycles. The first-order valence-electron chi connectivity index (χ1n) is 6.24. The van der Waals surface area contributed by atoms with Gasteiger partial charge in [-0.3, -0.25) is 4.79 Å². The van der Waals surface area contributed by atoms with E-state index >= 15 is 0 Å². The van der Waals surface area contributed by atoms with E-state index in [-0.39, 0.29) is 19.1 Å². The van der Waals surface area contributed by atoms with E-state index in [1.165, 1.54) is 0 Å². The van der Waals surface area contributed by atoms with E-state index in [9.17, 15) is 9.90 Å². The third kappa shape index (κ3) is 3.46. The number of para-hydroxylation sites is 1. The van der Waals surface area contributed by atoms with Crippen LogP contribution in [-0.4, -0.2) is 29.8 Å². The Morgan fingerprint density at radius 2 is 2.21 bits per heavy atom. The van der Waals surface area contributed by atoms with Gasteiger partial charge in [0.25, 0.3) is 5.91 Å². The lowest BCUT2D eigenvalue weighted by Crippen LogP contribution is -2.48. The van der Waals surface area contributed by atoms with Gasteiger partial charge in [0.1, 0.15) is 11.8 Å². The SMILES string of the molecule is N#Cc1ccccc1OCC(=O)NCC1(O)CCC1. The fourth-order valence-corrected chi connectivity index (χ4v) is 1.90. The average molecular weight is 260 g/mol. The van der Waals surface area contributed by atoms with Gasteiger partial charge in [-0.25, -0.2) is 0 Å². The topological polar surface area (TPSA) is 82.3 Å². The van der Waals surface area contributed by atoms with Gasteiger partial charge in [-0.2, -0.15) is 5.26 Å². The summed E-state index contributed by atoms with van der Waals surface area (Å²) < 4.78 is 5.29. The lowest BCUT2D eigenvalue weighted by Gasteiger charge is -2.36. The highest BCUT2D eigenvalue weighted by Crippen LogP contribution is 2.30. The molecule has 0 unspecified atom stereocenters. The second-order valence-corrected chi connectivity index (χ2v) is 4.75. The molecule has 2 rings (SSSR count). The summed E-state index contributed by atoms with van der Waals surface area (Å²) in [5.74, 6) is 0.0931. The van der Waals surface area contributed by atoms with E-state index in [1.807, 2.05) is 6.07 Å². The van der Waals surface area contributed by atoms with Crippen molar-refractivity contribution in [2.45, 2.75) is 24.9 Å². The quantitative estimate of drug-likeness (QED) is 0.826. The lowest BCUT2D eigenvalue weighted by atomic mass is 9.80. The van der Waals surface area contributed by atoms with Gasteiger partial charge >= 0.3 is 0 Å². The maximum atomic E-state index is 11.6. The Hall–Kier alpha value is -2.06. The molecule has 1 aromatic carbocycles. The fourth-order valence-electron chi connectivity index (χ4n) is 1.90. The van der Waals surface area contributed by atoms with E-state index in [2.05, 4.69) is 5.32 Å². The molecule has 0 saturated heterocycles. The van der Waals surface area contributed by atoms with Gasteiger partial charge in [0.05, 0.1) is 11.2 Å². The minimum atomic E-state index is -0.736. The molecular formula is C14H16N2O3. The molecule has 0 aliphatic heterocycles. The van der Waals surface area contributed by atoms with Crippen LogP contribution in [0.4, 0.5) is 0 Å². The Kier molecular flexibility index (Phi) is 4.03. The third-order valence-electron chi connectivity index (χ3n) is 3.27. The van der Waals surface area contributed by atoms with E-state index in [0.717, 1.165) is 19.3 Å². The van der Waals surface area contributed by atoms with Crippen molar-refractivity contribution in [3.8, 4) is 11.8 Å². The molecule has 0 radical (unpaired) electrons. The Morgan fingerprint density at radius 3 is 2.84 bits per heavy atom. The van der Waals surface area contributed by atoms with Crippen molar-refractivity contribution < 1.29 is 14.6 Å². The Morgan fingerprint density at radius 1 is 1.47 bits per heavy atom. The number of aliphatic hydroxyl groups is 1. The summed E-state index contributed by atoms with van der Waals surface area (Å²) in [6.07, 6.45) is 2.45. The van der Waals surface area contributed by atoms with Gasteiger partial charge in [0.15, 0.2) is 6.61 Å². The van der Waals surface area contributed by atoms with Crippen molar-refractivity contribution >= 4 is 5.91 Å². The number of nitrogens with one attached hydrogen (secondary N) is 1. The zero-order chi connectivity index (χ0) is 13.7. The highest BCUT2D eigenvalue weighted by Gasteiger charge is 2.34. The third-order valence-corrected chi connectivity index (χ3v) is 3.27. The van der Waals surface area contributed by atoms with E-state index < -0.39 is 5.60 Å². The fraction of sp³-hybridized carbons (Fsp3) is 0.429. The van der Waals surface area contributed by atoms with Gasteiger partial charge in [-0.05, 0) is 31.4 Å². The zero-order valence-corrected chi connectivity index (χ0v) is 10.6. The molecule has 5 heteroatoms. The molecule has 1 fully saturated rings. The number of rotatable bonds is 5. The van der Waals surface area contributed by atoms with Crippen LogP contribution in [0.3, 0.4) is 0 Å². The number of hydrogen-bond donors (Lipinski definition) is 2. The molecule has 0 aromatic heterocycles. The Balaban J connectivity index is 1.78. The number of benzene rings is 1. The largest absolute Gasteiger partial charge is 0.482 e. The lowest BCUT2D eigenvalue weighted by molar-refractivity contribution is -0.125. The molecule has 0 heterocycles. The highest BCUT2D eigenvalue weighted by molar-refractivity contribution is 5.77. The predicted molar refractivity (Wildman–Crippen MR) is 68.5 cm³/mol. The summed E-state index contributed by atoms with van der Waals surface area (Å²) in [6.45, 7) is 0.101. The average Bonchev–Trinajstić information content (AvgIpc) is 2.41.